The molecule has 0 amide bonds. The van der Waals surface area contributed by atoms with E-state index in [0.717, 1.165) is 39.3 Å². The third-order valence-corrected chi connectivity index (χ3v) is 7.78. The molecule has 0 saturated carbocycles. The Bertz CT molecular complexity index is 293. The van der Waals surface area contributed by atoms with E-state index in [1.165, 1.54) is 0 Å². The second kappa shape index (κ2) is 11.6. The van der Waals surface area contributed by atoms with Crippen LogP contribution in [0, 0.1) is 5.39 Å². The van der Waals surface area contributed by atoms with Gasteiger partial charge in [0, 0.05) is 39.3 Å². The summed E-state index contributed by atoms with van der Waals surface area (Å²) >= 11 is 0. The molecule has 0 atom stereocenters. The largest absolute Gasteiger partial charge is 1.00 e. The third-order valence-electron chi connectivity index (χ3n) is 3.49. The van der Waals surface area contributed by atoms with Gasteiger partial charge in [0.1, 0.15) is 0 Å². The summed E-state index contributed by atoms with van der Waals surface area (Å²) in [7, 11) is -2.12. The van der Waals surface area contributed by atoms with Gasteiger partial charge >= 0.3 is 5.08 Å². The van der Waals surface area contributed by atoms with E-state index in [1.54, 1.807) is 0 Å². The maximum Gasteiger partial charge on any atom is 0.341 e. The lowest BCUT2D eigenvalue weighted by Gasteiger charge is -2.44. The average Bonchev–Trinajstić information content (AvgIpc) is 2.42. The molecule has 0 aromatic heterocycles. The summed E-state index contributed by atoms with van der Waals surface area (Å²) in [6, 6.07) is 0. The van der Waals surface area contributed by atoms with Crippen LogP contribution < -0.4 is 17.0 Å². The minimum atomic E-state index is -2.12. The first-order chi connectivity index (χ1) is 9.12. The van der Waals surface area contributed by atoms with Crippen LogP contribution in [-0.2, 0) is 0 Å². The van der Waals surface area contributed by atoms with Crippen LogP contribution in [-0.4, -0.2) is 53.3 Å². The first kappa shape index (κ1) is 22.3. The molecular weight excluding hydrogens is 339 g/mol. The van der Waals surface area contributed by atoms with Crippen molar-refractivity contribution in [2.24, 2.45) is 4.85 Å². The van der Waals surface area contributed by atoms with Crippen LogP contribution in [0.15, 0.2) is 4.85 Å². The molecule has 0 radical (unpaired) electrons. The number of rotatable bonds is 9. The summed E-state index contributed by atoms with van der Waals surface area (Å²) in [6.07, 6.45) is 0. The van der Waals surface area contributed by atoms with Crippen molar-refractivity contribution in [2.75, 3.05) is 39.3 Å². The van der Waals surface area contributed by atoms with Gasteiger partial charge in [-0.05, 0) is 0 Å². The lowest BCUT2D eigenvalue weighted by molar-refractivity contribution is -0.00000519. The maximum atomic E-state index is 9.13. The number of hydrogen-bond acceptors (Lipinski definition) is 2. The standard InChI is InChI=1S/C12H30N6P.BrH/c1-7-16(8-2)19(15-14-13,17(9-3)10-4)18(11-5)12-6;/h7-12H2,1-6H3;1H/q+1;/p-1. The van der Waals surface area contributed by atoms with Gasteiger partial charge in [-0.25, -0.2) is 14.0 Å². The van der Waals surface area contributed by atoms with Crippen LogP contribution in [0.5, 0.6) is 0 Å². The molecule has 0 spiro atoms. The van der Waals surface area contributed by atoms with Crippen molar-refractivity contribution in [2.45, 2.75) is 41.5 Å². The summed E-state index contributed by atoms with van der Waals surface area (Å²) in [6.45, 7) is 18.2. The predicted molar refractivity (Wildman–Crippen MR) is 83.2 cm³/mol. The number of halogens is 1. The Kier molecular flexibility index (Phi) is 13.0. The second-order valence-corrected chi connectivity index (χ2v) is 7.08. The highest BCUT2D eigenvalue weighted by atomic mass is 79.9. The zero-order valence-corrected chi connectivity index (χ0v) is 16.2. The zero-order valence-electron chi connectivity index (χ0n) is 13.8. The van der Waals surface area contributed by atoms with Crippen molar-refractivity contribution in [1.29, 1.82) is 5.39 Å². The number of hydrogen-bond donors (Lipinski definition) is 0. The minimum absolute atomic E-state index is 0. The molecule has 0 unspecified atom stereocenters. The second-order valence-electron chi connectivity index (χ2n) is 4.13. The lowest BCUT2D eigenvalue weighted by Crippen LogP contribution is -3.00. The smallest absolute Gasteiger partial charge is 0.341 e. The third kappa shape index (κ3) is 4.51. The Hall–Kier alpha value is 0.0100. The molecule has 0 bridgehead atoms. The fourth-order valence-electron chi connectivity index (χ4n) is 2.57. The molecule has 0 fully saturated rings. The van der Waals surface area contributed by atoms with Crippen LogP contribution in [0.1, 0.15) is 41.5 Å². The Balaban J connectivity index is 0. The van der Waals surface area contributed by atoms with E-state index in [-0.39, 0.29) is 17.0 Å². The molecule has 20 heavy (non-hydrogen) atoms. The van der Waals surface area contributed by atoms with E-state index < -0.39 is 7.51 Å². The number of nitrogens with zero attached hydrogens (tertiary/aromatic N) is 6. The summed E-state index contributed by atoms with van der Waals surface area (Å²) in [4.78, 5) is 4.35. The highest BCUT2D eigenvalue weighted by Gasteiger charge is 2.41. The maximum absolute atomic E-state index is 9.13. The molecular formula is C12H30BrN6P. The van der Waals surface area contributed by atoms with Gasteiger partial charge in [-0.15, -0.1) is 0 Å². The van der Waals surface area contributed by atoms with E-state index >= 15 is 0 Å². The summed E-state index contributed by atoms with van der Waals surface area (Å²) in [5, 5.41) is 12.3. The molecule has 6 nitrogen and oxygen atoms in total. The van der Waals surface area contributed by atoms with Crippen molar-refractivity contribution in [3.8, 4) is 0 Å². The van der Waals surface area contributed by atoms with Crippen molar-refractivity contribution < 1.29 is 17.0 Å². The van der Waals surface area contributed by atoms with Gasteiger partial charge in [0.2, 0.25) is 0 Å². The molecule has 0 aromatic rings. The Morgan fingerprint density at radius 2 is 1.00 bits per heavy atom. The molecule has 0 aromatic carbocycles. The highest BCUT2D eigenvalue weighted by molar-refractivity contribution is 7.59. The molecule has 8 heteroatoms. The SMILES string of the molecule is CCN(CC)P(=N[N+]#N)(N(CC)CC)N(CC)CC.[Br-]. The predicted octanol–water partition coefficient (Wildman–Crippen LogP) is 0.730. The fourth-order valence-corrected chi connectivity index (χ4v) is 6.37. The fraction of sp³-hybridized carbons (Fsp3) is 1.00. The Morgan fingerprint density at radius 1 is 0.750 bits per heavy atom. The van der Waals surface area contributed by atoms with E-state index in [4.69, 9.17) is 5.39 Å². The van der Waals surface area contributed by atoms with Gasteiger partial charge < -0.3 is 17.0 Å². The van der Waals surface area contributed by atoms with Crippen LogP contribution in [0.3, 0.4) is 0 Å². The van der Waals surface area contributed by atoms with Crippen molar-refractivity contribution in [3.63, 3.8) is 0 Å². The monoisotopic (exact) mass is 368 g/mol. The van der Waals surface area contributed by atoms with E-state index in [0.29, 0.717) is 0 Å². The minimum Gasteiger partial charge on any atom is -1.00 e. The van der Waals surface area contributed by atoms with E-state index in [2.05, 4.69) is 65.5 Å². The number of diazo groups is 1. The molecule has 0 heterocycles. The first-order valence-corrected chi connectivity index (χ1v) is 8.94. The molecule has 0 aliphatic carbocycles. The molecule has 0 aliphatic heterocycles. The molecule has 0 saturated heterocycles. The van der Waals surface area contributed by atoms with E-state index in [1.807, 2.05) is 0 Å². The van der Waals surface area contributed by atoms with Gasteiger partial charge in [-0.3, -0.25) is 0 Å². The van der Waals surface area contributed by atoms with Crippen LogP contribution in [0.4, 0.5) is 0 Å². The topological polar surface area (TPSA) is 50.2 Å². The summed E-state index contributed by atoms with van der Waals surface area (Å²) < 4.78 is 7.02. The van der Waals surface area contributed by atoms with Crippen molar-refractivity contribution >= 4 is 7.51 Å². The van der Waals surface area contributed by atoms with Crippen LogP contribution in [0.25, 0.3) is 5.08 Å². The molecule has 0 rings (SSSR count). The molecule has 0 aliphatic rings. The molecule has 0 N–H and O–H groups in total. The average molecular weight is 369 g/mol. The highest BCUT2D eigenvalue weighted by Crippen LogP contribution is 2.59. The van der Waals surface area contributed by atoms with Gasteiger partial charge in [0.25, 0.3) is 12.9 Å². The molecule has 120 valence electrons. The van der Waals surface area contributed by atoms with Crippen LogP contribution >= 0.6 is 7.51 Å². The summed E-state index contributed by atoms with van der Waals surface area (Å²) in [5.41, 5.74) is 0. The summed E-state index contributed by atoms with van der Waals surface area (Å²) in [5.74, 6) is 0. The van der Waals surface area contributed by atoms with Gasteiger partial charge in [0.05, 0.1) is 0 Å². The van der Waals surface area contributed by atoms with Gasteiger partial charge in [-0.2, -0.15) is 0 Å². The first-order valence-electron chi connectivity index (χ1n) is 7.34. The zero-order chi connectivity index (χ0) is 14.9. The van der Waals surface area contributed by atoms with Crippen molar-refractivity contribution in [3.05, 3.63) is 5.08 Å². The Labute approximate surface area is 135 Å². The van der Waals surface area contributed by atoms with E-state index in [9.17, 15) is 0 Å². The normalized spacial score (nSPS) is 11.6. The van der Waals surface area contributed by atoms with Gasteiger partial charge in [0.15, 0.2) is 4.85 Å². The van der Waals surface area contributed by atoms with Crippen LogP contribution in [0.2, 0.25) is 0 Å². The van der Waals surface area contributed by atoms with Crippen molar-refractivity contribution in [1.82, 2.24) is 14.0 Å². The van der Waals surface area contributed by atoms with Gasteiger partial charge in [-0.1, -0.05) is 41.5 Å². The quantitative estimate of drug-likeness (QED) is 0.342. The Morgan fingerprint density at radius 3 is 1.15 bits per heavy atom. The lowest BCUT2D eigenvalue weighted by atomic mass is 10.7.